The van der Waals surface area contributed by atoms with Crippen molar-refractivity contribution >= 4 is 5.95 Å². The zero-order valence-electron chi connectivity index (χ0n) is 19.7. The summed E-state index contributed by atoms with van der Waals surface area (Å²) in [6.07, 6.45) is 2.15. The number of ether oxygens (including phenoxy) is 2. The lowest BCUT2D eigenvalue weighted by Crippen LogP contribution is -2.46. The summed E-state index contributed by atoms with van der Waals surface area (Å²) in [4.78, 5) is 11.4. The fourth-order valence-electron chi connectivity index (χ4n) is 4.22. The van der Waals surface area contributed by atoms with E-state index in [-0.39, 0.29) is 17.6 Å². The molecule has 0 aliphatic carbocycles. The molecule has 1 aliphatic heterocycles. The summed E-state index contributed by atoms with van der Waals surface area (Å²) in [6, 6.07) is 19.0. The number of aryl methyl sites for hydroxylation is 1. The standard InChI is InChI=1S/C27H33N3O2/c1-19-6-8-22(9-7-19)27(4,5)23-10-12-25(13-11-23)31-18-24-14-15-28-26(29-24)30-16-20(2)32-21(3)17-30/h6-15,20-21H,16-18H2,1-5H3/t20-,21+. The van der Waals surface area contributed by atoms with E-state index < -0.39 is 0 Å². The molecule has 2 atom stereocenters. The Labute approximate surface area is 191 Å². The molecule has 1 aliphatic rings. The normalized spacial score (nSPS) is 19.1. The molecule has 0 spiro atoms. The van der Waals surface area contributed by atoms with E-state index in [9.17, 15) is 0 Å². The topological polar surface area (TPSA) is 47.5 Å². The number of aromatic nitrogens is 2. The minimum absolute atomic E-state index is 0.0692. The summed E-state index contributed by atoms with van der Waals surface area (Å²) >= 11 is 0. The van der Waals surface area contributed by atoms with Gasteiger partial charge in [0.15, 0.2) is 0 Å². The van der Waals surface area contributed by atoms with Gasteiger partial charge in [0, 0.05) is 24.7 Å². The summed E-state index contributed by atoms with van der Waals surface area (Å²) in [5, 5.41) is 0. The van der Waals surface area contributed by atoms with Crippen molar-refractivity contribution in [3.05, 3.63) is 83.2 Å². The third kappa shape index (κ3) is 5.10. The van der Waals surface area contributed by atoms with Crippen LogP contribution >= 0.6 is 0 Å². The molecule has 0 amide bonds. The first-order valence-electron chi connectivity index (χ1n) is 11.3. The van der Waals surface area contributed by atoms with Crippen molar-refractivity contribution in [2.75, 3.05) is 18.0 Å². The number of nitrogens with zero attached hydrogens (tertiary/aromatic N) is 3. The van der Waals surface area contributed by atoms with Crippen LogP contribution in [0.15, 0.2) is 60.8 Å². The highest BCUT2D eigenvalue weighted by Crippen LogP contribution is 2.32. The monoisotopic (exact) mass is 431 g/mol. The van der Waals surface area contributed by atoms with E-state index in [0.717, 1.165) is 30.5 Å². The fraction of sp³-hybridized carbons (Fsp3) is 0.407. The molecular formula is C27H33N3O2. The van der Waals surface area contributed by atoms with Crippen LogP contribution in [0.4, 0.5) is 5.95 Å². The van der Waals surface area contributed by atoms with Crippen molar-refractivity contribution in [3.8, 4) is 5.75 Å². The Hall–Kier alpha value is -2.92. The van der Waals surface area contributed by atoms with E-state index in [4.69, 9.17) is 14.5 Å². The van der Waals surface area contributed by atoms with E-state index in [1.165, 1.54) is 16.7 Å². The number of rotatable bonds is 6. The maximum Gasteiger partial charge on any atom is 0.225 e. The highest BCUT2D eigenvalue weighted by Gasteiger charge is 2.24. The first kappa shape index (κ1) is 22.3. The maximum atomic E-state index is 6.03. The van der Waals surface area contributed by atoms with Crippen LogP contribution in [0, 0.1) is 6.92 Å². The van der Waals surface area contributed by atoms with Gasteiger partial charge in [0.1, 0.15) is 12.4 Å². The van der Waals surface area contributed by atoms with Crippen molar-refractivity contribution in [2.45, 2.75) is 58.8 Å². The molecule has 1 aromatic heterocycles. The number of benzene rings is 2. The quantitative estimate of drug-likeness (QED) is 0.530. The molecule has 0 radical (unpaired) electrons. The van der Waals surface area contributed by atoms with Crippen molar-refractivity contribution in [2.24, 2.45) is 0 Å². The zero-order chi connectivity index (χ0) is 22.7. The third-order valence-corrected chi connectivity index (χ3v) is 6.14. The first-order chi connectivity index (χ1) is 15.3. The molecule has 0 bridgehead atoms. The van der Waals surface area contributed by atoms with E-state index in [0.29, 0.717) is 6.61 Å². The number of morpholine rings is 1. The molecule has 0 unspecified atom stereocenters. The Kier molecular flexibility index (Phi) is 6.47. The van der Waals surface area contributed by atoms with Crippen molar-refractivity contribution in [1.82, 2.24) is 9.97 Å². The van der Waals surface area contributed by atoms with Gasteiger partial charge in [-0.3, -0.25) is 0 Å². The van der Waals surface area contributed by atoms with Crippen LogP contribution in [0.3, 0.4) is 0 Å². The summed E-state index contributed by atoms with van der Waals surface area (Å²) < 4.78 is 11.9. The maximum absolute atomic E-state index is 6.03. The van der Waals surface area contributed by atoms with Crippen molar-refractivity contribution in [1.29, 1.82) is 0 Å². The van der Waals surface area contributed by atoms with Gasteiger partial charge in [-0.1, -0.05) is 55.8 Å². The molecular weight excluding hydrogens is 398 g/mol. The molecule has 0 saturated carbocycles. The van der Waals surface area contributed by atoms with Gasteiger partial charge in [-0.15, -0.1) is 0 Å². The van der Waals surface area contributed by atoms with E-state index in [1.54, 1.807) is 6.20 Å². The lowest BCUT2D eigenvalue weighted by Gasteiger charge is -2.35. The van der Waals surface area contributed by atoms with Crippen molar-refractivity contribution < 1.29 is 9.47 Å². The van der Waals surface area contributed by atoms with Crippen LogP contribution in [0.5, 0.6) is 5.75 Å². The third-order valence-electron chi connectivity index (χ3n) is 6.14. The van der Waals surface area contributed by atoms with Crippen LogP contribution in [-0.4, -0.2) is 35.3 Å². The van der Waals surface area contributed by atoms with Gasteiger partial charge in [-0.05, 0) is 50.1 Å². The Morgan fingerprint density at radius 2 is 1.53 bits per heavy atom. The second-order valence-electron chi connectivity index (χ2n) is 9.31. The molecule has 4 rings (SSSR count). The highest BCUT2D eigenvalue weighted by atomic mass is 16.5. The average Bonchev–Trinajstić information content (AvgIpc) is 2.78. The molecule has 2 heterocycles. The first-order valence-corrected chi connectivity index (χ1v) is 11.3. The van der Waals surface area contributed by atoms with Gasteiger partial charge >= 0.3 is 0 Å². The molecule has 32 heavy (non-hydrogen) atoms. The Morgan fingerprint density at radius 1 is 0.938 bits per heavy atom. The molecule has 5 nitrogen and oxygen atoms in total. The summed E-state index contributed by atoms with van der Waals surface area (Å²) in [6.45, 7) is 12.8. The van der Waals surface area contributed by atoms with E-state index in [1.807, 2.05) is 18.2 Å². The zero-order valence-corrected chi connectivity index (χ0v) is 19.7. The predicted molar refractivity (Wildman–Crippen MR) is 128 cm³/mol. The number of hydrogen-bond acceptors (Lipinski definition) is 5. The molecule has 1 fully saturated rings. The summed E-state index contributed by atoms with van der Waals surface area (Å²) in [5.41, 5.74) is 4.63. The largest absolute Gasteiger partial charge is 0.487 e. The van der Waals surface area contributed by atoms with E-state index >= 15 is 0 Å². The average molecular weight is 432 g/mol. The van der Waals surface area contributed by atoms with Gasteiger partial charge in [0.25, 0.3) is 0 Å². The molecule has 1 saturated heterocycles. The van der Waals surface area contributed by atoms with Crippen molar-refractivity contribution in [3.63, 3.8) is 0 Å². The second kappa shape index (κ2) is 9.29. The molecule has 168 valence electrons. The SMILES string of the molecule is Cc1ccc(C(C)(C)c2ccc(OCc3ccnc(N4C[C@@H](C)O[C@@H](C)C4)n3)cc2)cc1. The number of hydrogen-bond donors (Lipinski definition) is 0. The summed E-state index contributed by atoms with van der Waals surface area (Å²) in [5.74, 6) is 1.57. The van der Waals surface area contributed by atoms with Crippen LogP contribution in [0.1, 0.15) is 50.1 Å². The van der Waals surface area contributed by atoms with Crippen LogP contribution in [0.25, 0.3) is 0 Å². The van der Waals surface area contributed by atoms with Gasteiger partial charge < -0.3 is 14.4 Å². The molecule has 5 heteroatoms. The van der Waals surface area contributed by atoms with Gasteiger partial charge in [0.05, 0.1) is 17.9 Å². The van der Waals surface area contributed by atoms with Crippen LogP contribution in [-0.2, 0) is 16.8 Å². The van der Waals surface area contributed by atoms with Gasteiger partial charge in [-0.2, -0.15) is 0 Å². The minimum Gasteiger partial charge on any atom is -0.487 e. The minimum atomic E-state index is -0.0692. The van der Waals surface area contributed by atoms with Gasteiger partial charge in [0.2, 0.25) is 5.95 Å². The molecule has 0 N–H and O–H groups in total. The summed E-state index contributed by atoms with van der Waals surface area (Å²) in [7, 11) is 0. The Balaban J connectivity index is 1.41. The smallest absolute Gasteiger partial charge is 0.225 e. The molecule has 3 aromatic rings. The lowest BCUT2D eigenvalue weighted by atomic mass is 9.78. The van der Waals surface area contributed by atoms with E-state index in [2.05, 4.69) is 80.9 Å². The fourth-order valence-corrected chi connectivity index (χ4v) is 4.22. The highest BCUT2D eigenvalue weighted by molar-refractivity contribution is 5.41. The Morgan fingerprint density at radius 3 is 2.16 bits per heavy atom. The number of anilines is 1. The lowest BCUT2D eigenvalue weighted by molar-refractivity contribution is -0.00574. The van der Waals surface area contributed by atoms with Crippen LogP contribution in [0.2, 0.25) is 0 Å². The second-order valence-corrected chi connectivity index (χ2v) is 9.31. The Bertz CT molecular complexity index is 1020. The predicted octanol–water partition coefficient (Wildman–Crippen LogP) is 5.30. The van der Waals surface area contributed by atoms with Gasteiger partial charge in [-0.25, -0.2) is 9.97 Å². The van der Waals surface area contributed by atoms with Crippen LogP contribution < -0.4 is 9.64 Å². The molecule has 2 aromatic carbocycles.